The second kappa shape index (κ2) is 5.76. The molecule has 0 aliphatic carbocycles. The molecule has 0 aliphatic rings. The monoisotopic (exact) mass is 238 g/mol. The minimum absolute atomic E-state index is 0.0279. The summed E-state index contributed by atoms with van der Waals surface area (Å²) in [6.45, 7) is 0. The largest absolute Gasteiger partial charge is 0.364 e. The maximum absolute atomic E-state index is 10.5. The molecule has 0 unspecified atom stereocenters. The fraction of sp³-hybridized carbons (Fsp3) is 0.111. The van der Waals surface area contributed by atoms with Gasteiger partial charge in [-0.25, -0.2) is 0 Å². The summed E-state index contributed by atoms with van der Waals surface area (Å²) >= 11 is 4.79. The topological polar surface area (TPSA) is 79.6 Å². The zero-order valence-corrected chi connectivity index (χ0v) is 9.32. The molecule has 0 aliphatic heterocycles. The Hall–Kier alpha value is -2.02. The smallest absolute Gasteiger partial charge is 0.270 e. The van der Waals surface area contributed by atoms with Crippen molar-refractivity contribution in [3.63, 3.8) is 0 Å². The minimum atomic E-state index is -0.455. The second-order valence-corrected chi connectivity index (χ2v) is 3.21. The predicted molar refractivity (Wildman–Crippen MR) is 65.5 cm³/mol. The molecule has 0 saturated heterocycles. The first-order valence-corrected chi connectivity index (χ1v) is 4.79. The third-order valence-electron chi connectivity index (χ3n) is 1.69. The van der Waals surface area contributed by atoms with Crippen molar-refractivity contribution < 1.29 is 4.92 Å². The number of nitro benzene ring substituents is 1. The molecule has 84 valence electrons. The molecular weight excluding hydrogens is 228 g/mol. The molecule has 7 heteroatoms. The summed E-state index contributed by atoms with van der Waals surface area (Å²) in [4.78, 5) is 10.0. The van der Waals surface area contributed by atoms with Gasteiger partial charge in [-0.15, -0.1) is 0 Å². The maximum atomic E-state index is 10.5. The first-order valence-electron chi connectivity index (χ1n) is 4.38. The van der Waals surface area contributed by atoms with Crippen LogP contribution in [0, 0.1) is 10.1 Å². The van der Waals surface area contributed by atoms with E-state index in [9.17, 15) is 10.1 Å². The number of hydrogen-bond acceptors (Lipinski definition) is 4. The fourth-order valence-corrected chi connectivity index (χ4v) is 0.993. The van der Waals surface area contributed by atoms with Gasteiger partial charge >= 0.3 is 0 Å². The molecular formula is C9H10N4O2S. The number of nitro groups is 1. The average Bonchev–Trinajstić information content (AvgIpc) is 2.29. The van der Waals surface area contributed by atoms with Gasteiger partial charge in [0.2, 0.25) is 0 Å². The fourth-order valence-electron chi connectivity index (χ4n) is 0.940. The third kappa shape index (κ3) is 3.62. The lowest BCUT2D eigenvalue weighted by atomic mass is 10.2. The Morgan fingerprint density at radius 1 is 1.62 bits per heavy atom. The van der Waals surface area contributed by atoms with Crippen molar-refractivity contribution in [3.8, 4) is 0 Å². The van der Waals surface area contributed by atoms with Crippen LogP contribution in [-0.2, 0) is 0 Å². The molecule has 16 heavy (non-hydrogen) atoms. The van der Waals surface area contributed by atoms with E-state index in [4.69, 9.17) is 12.2 Å². The molecule has 2 N–H and O–H groups in total. The number of non-ortho nitro benzene ring substituents is 1. The molecule has 0 bridgehead atoms. The summed E-state index contributed by atoms with van der Waals surface area (Å²) < 4.78 is 0. The summed E-state index contributed by atoms with van der Waals surface area (Å²) in [5.41, 5.74) is 3.20. The van der Waals surface area contributed by atoms with Crippen LogP contribution in [0.3, 0.4) is 0 Å². The number of benzene rings is 1. The van der Waals surface area contributed by atoms with Crippen molar-refractivity contribution in [1.29, 1.82) is 0 Å². The van der Waals surface area contributed by atoms with Crippen molar-refractivity contribution >= 4 is 29.2 Å². The summed E-state index contributed by atoms with van der Waals surface area (Å²) in [7, 11) is 1.66. The van der Waals surface area contributed by atoms with Gasteiger partial charge in [-0.1, -0.05) is 12.1 Å². The Morgan fingerprint density at radius 2 is 2.38 bits per heavy atom. The lowest BCUT2D eigenvalue weighted by molar-refractivity contribution is -0.384. The van der Waals surface area contributed by atoms with Crippen molar-refractivity contribution in [1.82, 2.24) is 10.7 Å². The normalized spacial score (nSPS) is 10.1. The molecule has 1 aromatic rings. The lowest BCUT2D eigenvalue weighted by Gasteiger charge is -1.99. The number of nitrogens with zero attached hydrogens (tertiary/aromatic N) is 2. The Bertz CT molecular complexity index is 433. The van der Waals surface area contributed by atoms with Crippen molar-refractivity contribution in [2.75, 3.05) is 7.05 Å². The molecule has 0 radical (unpaired) electrons. The van der Waals surface area contributed by atoms with Crippen LogP contribution in [0.15, 0.2) is 29.4 Å². The Labute approximate surface area is 97.5 Å². The van der Waals surface area contributed by atoms with E-state index < -0.39 is 4.92 Å². The van der Waals surface area contributed by atoms with Crippen LogP contribution in [0.1, 0.15) is 5.56 Å². The van der Waals surface area contributed by atoms with E-state index >= 15 is 0 Å². The summed E-state index contributed by atoms with van der Waals surface area (Å²) in [5, 5.41) is 17.4. The van der Waals surface area contributed by atoms with Gasteiger partial charge in [0.1, 0.15) is 0 Å². The van der Waals surface area contributed by atoms with E-state index in [-0.39, 0.29) is 5.69 Å². The number of rotatable bonds is 3. The molecule has 0 saturated carbocycles. The predicted octanol–water partition coefficient (Wildman–Crippen LogP) is 1.02. The Balaban J connectivity index is 2.70. The van der Waals surface area contributed by atoms with E-state index in [0.717, 1.165) is 0 Å². The van der Waals surface area contributed by atoms with Gasteiger partial charge in [0.05, 0.1) is 11.1 Å². The summed E-state index contributed by atoms with van der Waals surface area (Å²) in [5.74, 6) is 0. The Kier molecular flexibility index (Phi) is 4.34. The third-order valence-corrected chi connectivity index (χ3v) is 1.98. The van der Waals surface area contributed by atoms with E-state index in [0.29, 0.717) is 10.7 Å². The van der Waals surface area contributed by atoms with Crippen LogP contribution in [0.2, 0.25) is 0 Å². The standard InChI is InChI=1S/C9H10N4O2S/c1-10-9(16)12-11-6-7-3-2-4-8(5-7)13(14)15/h2-6H,1H3,(H2,10,12,16)/b11-6+. The van der Waals surface area contributed by atoms with Gasteiger partial charge in [0.15, 0.2) is 5.11 Å². The van der Waals surface area contributed by atoms with Gasteiger partial charge < -0.3 is 5.32 Å². The number of hydrogen-bond donors (Lipinski definition) is 2. The van der Waals surface area contributed by atoms with Crippen LogP contribution in [0.4, 0.5) is 5.69 Å². The number of hydrazone groups is 1. The van der Waals surface area contributed by atoms with Gasteiger partial charge in [-0.05, 0) is 12.2 Å². The van der Waals surface area contributed by atoms with Crippen molar-refractivity contribution in [2.45, 2.75) is 0 Å². The molecule has 0 spiro atoms. The molecule has 0 fully saturated rings. The van der Waals surface area contributed by atoms with E-state index in [1.807, 2.05) is 0 Å². The molecule has 0 aromatic heterocycles. The van der Waals surface area contributed by atoms with Crippen LogP contribution in [0.25, 0.3) is 0 Å². The van der Waals surface area contributed by atoms with Gasteiger partial charge in [-0.3, -0.25) is 15.5 Å². The Morgan fingerprint density at radius 3 is 3.00 bits per heavy atom. The molecule has 0 heterocycles. The molecule has 1 aromatic carbocycles. The molecule has 0 atom stereocenters. The highest BCUT2D eigenvalue weighted by Gasteiger charge is 2.03. The van der Waals surface area contributed by atoms with E-state index in [1.165, 1.54) is 18.3 Å². The lowest BCUT2D eigenvalue weighted by Crippen LogP contribution is -2.28. The average molecular weight is 238 g/mol. The van der Waals surface area contributed by atoms with E-state index in [2.05, 4.69) is 15.8 Å². The highest BCUT2D eigenvalue weighted by Crippen LogP contribution is 2.11. The second-order valence-electron chi connectivity index (χ2n) is 2.80. The highest BCUT2D eigenvalue weighted by atomic mass is 32.1. The van der Waals surface area contributed by atoms with Crippen LogP contribution < -0.4 is 10.7 Å². The zero-order valence-electron chi connectivity index (χ0n) is 8.51. The van der Waals surface area contributed by atoms with Crippen molar-refractivity contribution in [2.24, 2.45) is 5.10 Å². The summed E-state index contributed by atoms with van der Waals surface area (Å²) in [6, 6.07) is 6.15. The molecule has 6 nitrogen and oxygen atoms in total. The van der Waals surface area contributed by atoms with Gasteiger partial charge in [-0.2, -0.15) is 5.10 Å². The van der Waals surface area contributed by atoms with Crippen molar-refractivity contribution in [3.05, 3.63) is 39.9 Å². The van der Waals surface area contributed by atoms with Crippen LogP contribution in [-0.4, -0.2) is 23.3 Å². The van der Waals surface area contributed by atoms with Gasteiger partial charge in [0, 0.05) is 24.7 Å². The van der Waals surface area contributed by atoms with Gasteiger partial charge in [0.25, 0.3) is 5.69 Å². The number of thiocarbonyl (C=S) groups is 1. The summed E-state index contributed by atoms with van der Waals surface area (Å²) in [6.07, 6.45) is 1.46. The minimum Gasteiger partial charge on any atom is -0.364 e. The maximum Gasteiger partial charge on any atom is 0.270 e. The first-order chi connectivity index (χ1) is 7.63. The van der Waals surface area contributed by atoms with Crippen LogP contribution in [0.5, 0.6) is 0 Å². The molecule has 0 amide bonds. The SMILES string of the molecule is CNC(=S)N/N=C/c1cccc([N+](=O)[O-])c1. The highest BCUT2D eigenvalue weighted by molar-refractivity contribution is 7.80. The quantitative estimate of drug-likeness (QED) is 0.356. The zero-order chi connectivity index (χ0) is 12.0. The number of nitrogens with one attached hydrogen (secondary N) is 2. The molecule has 1 rings (SSSR count). The van der Waals surface area contributed by atoms with E-state index in [1.54, 1.807) is 19.2 Å². The van der Waals surface area contributed by atoms with Crippen LogP contribution >= 0.6 is 12.2 Å². The first kappa shape index (κ1) is 12.1.